The van der Waals surface area contributed by atoms with E-state index in [4.69, 9.17) is 4.74 Å². The van der Waals surface area contributed by atoms with Crippen LogP contribution in [0.25, 0.3) is 10.8 Å². The molecule has 0 spiro atoms. The number of rotatable bonds is 6. The fraction of sp³-hybridized carbons (Fsp3) is 0.111. The second-order valence-electron chi connectivity index (χ2n) is 5.44. The molecule has 26 heavy (non-hydrogen) atoms. The first-order valence-corrected chi connectivity index (χ1v) is 8.57. The van der Waals surface area contributed by atoms with Gasteiger partial charge in [-0.15, -0.1) is 0 Å². The summed E-state index contributed by atoms with van der Waals surface area (Å²) in [7, 11) is 0. The highest BCUT2D eigenvalue weighted by atomic mass is 32.1. The molecular weight excluding hydrogens is 354 g/mol. The molecule has 0 aliphatic heterocycles. The number of carbonyl (C=O) groups is 1. The van der Waals surface area contributed by atoms with Gasteiger partial charge in [0.2, 0.25) is 0 Å². The second kappa shape index (κ2) is 7.75. The normalized spacial score (nSPS) is 12.2. The molecule has 3 rings (SSSR count). The van der Waals surface area contributed by atoms with Crippen LogP contribution in [0.2, 0.25) is 0 Å². The fourth-order valence-corrected chi connectivity index (χ4v) is 2.95. The molecule has 1 atom stereocenters. The van der Waals surface area contributed by atoms with Gasteiger partial charge < -0.3 is 4.74 Å². The number of ether oxygens (including phenoxy) is 1. The lowest BCUT2D eigenvalue weighted by molar-refractivity contribution is -0.380. The van der Waals surface area contributed by atoms with Crippen molar-refractivity contribution in [2.45, 2.75) is 13.0 Å². The van der Waals surface area contributed by atoms with Crippen LogP contribution in [0.1, 0.15) is 11.8 Å². The molecule has 0 saturated heterocycles. The average Bonchev–Trinajstić information content (AvgIpc) is 3.10. The van der Waals surface area contributed by atoms with E-state index in [1.807, 2.05) is 36.4 Å². The SMILES string of the molecule is C[C@H](Oc1ccc2ccccc2c1)C(=O)N/N=C\c1ccc([N+](=O)[O-])s1. The Labute approximate surface area is 153 Å². The zero-order valence-electron chi connectivity index (χ0n) is 13.8. The maximum atomic E-state index is 12.1. The highest BCUT2D eigenvalue weighted by Gasteiger charge is 2.14. The van der Waals surface area contributed by atoms with Crippen LogP contribution in [-0.2, 0) is 4.79 Å². The molecule has 0 unspecified atom stereocenters. The first-order valence-electron chi connectivity index (χ1n) is 7.75. The summed E-state index contributed by atoms with van der Waals surface area (Å²) in [6.45, 7) is 1.62. The van der Waals surface area contributed by atoms with E-state index in [0.29, 0.717) is 10.6 Å². The number of fused-ring (bicyclic) bond motifs is 1. The molecule has 8 heteroatoms. The summed E-state index contributed by atoms with van der Waals surface area (Å²) >= 11 is 0.974. The van der Waals surface area contributed by atoms with Gasteiger partial charge in [0.25, 0.3) is 5.91 Å². The predicted octanol–water partition coefficient (Wildman–Crippen LogP) is 3.73. The lowest BCUT2D eigenvalue weighted by atomic mass is 10.1. The molecule has 0 bridgehead atoms. The minimum Gasteiger partial charge on any atom is -0.481 e. The van der Waals surface area contributed by atoms with Crippen molar-refractivity contribution in [1.82, 2.24) is 5.43 Å². The average molecular weight is 369 g/mol. The first-order chi connectivity index (χ1) is 12.5. The third-order valence-electron chi connectivity index (χ3n) is 3.56. The van der Waals surface area contributed by atoms with Gasteiger partial charge in [-0.05, 0) is 35.9 Å². The van der Waals surface area contributed by atoms with E-state index in [1.165, 1.54) is 12.3 Å². The van der Waals surface area contributed by atoms with Crippen molar-refractivity contribution < 1.29 is 14.5 Å². The Morgan fingerprint density at radius 2 is 2.00 bits per heavy atom. The second-order valence-corrected chi connectivity index (χ2v) is 6.53. The van der Waals surface area contributed by atoms with Gasteiger partial charge in [0.15, 0.2) is 6.10 Å². The third kappa shape index (κ3) is 4.22. The first kappa shape index (κ1) is 17.6. The zero-order chi connectivity index (χ0) is 18.5. The van der Waals surface area contributed by atoms with Crippen molar-refractivity contribution in [3.8, 4) is 5.75 Å². The maximum Gasteiger partial charge on any atom is 0.324 e. The van der Waals surface area contributed by atoms with Crippen molar-refractivity contribution in [3.63, 3.8) is 0 Å². The number of carbonyl (C=O) groups excluding carboxylic acids is 1. The molecule has 132 valence electrons. The highest BCUT2D eigenvalue weighted by Crippen LogP contribution is 2.23. The van der Waals surface area contributed by atoms with Crippen LogP contribution in [0.4, 0.5) is 5.00 Å². The highest BCUT2D eigenvalue weighted by molar-refractivity contribution is 7.16. The van der Waals surface area contributed by atoms with Crippen LogP contribution in [0.15, 0.2) is 59.7 Å². The zero-order valence-corrected chi connectivity index (χ0v) is 14.6. The minimum atomic E-state index is -0.744. The smallest absolute Gasteiger partial charge is 0.324 e. The number of nitro groups is 1. The van der Waals surface area contributed by atoms with Gasteiger partial charge in [0.1, 0.15) is 5.75 Å². The summed E-state index contributed by atoms with van der Waals surface area (Å²) in [6.07, 6.45) is 0.615. The Balaban J connectivity index is 1.58. The summed E-state index contributed by atoms with van der Waals surface area (Å²) in [5.74, 6) is 0.171. The van der Waals surface area contributed by atoms with E-state index < -0.39 is 16.9 Å². The van der Waals surface area contributed by atoms with Crippen LogP contribution in [0.5, 0.6) is 5.75 Å². The van der Waals surface area contributed by atoms with E-state index in [-0.39, 0.29) is 5.00 Å². The molecule has 0 aliphatic carbocycles. The lowest BCUT2D eigenvalue weighted by Crippen LogP contribution is -2.33. The number of thiophene rings is 1. The third-order valence-corrected chi connectivity index (χ3v) is 4.53. The summed E-state index contributed by atoms with van der Waals surface area (Å²) < 4.78 is 5.65. The topological polar surface area (TPSA) is 93.8 Å². The van der Waals surface area contributed by atoms with Crippen LogP contribution >= 0.6 is 11.3 Å². The van der Waals surface area contributed by atoms with Gasteiger partial charge in [0, 0.05) is 6.07 Å². The number of hydrazone groups is 1. The molecule has 1 heterocycles. The molecule has 2 aromatic carbocycles. The van der Waals surface area contributed by atoms with Crippen LogP contribution in [-0.4, -0.2) is 23.1 Å². The summed E-state index contributed by atoms with van der Waals surface area (Å²) in [4.78, 5) is 22.8. The minimum absolute atomic E-state index is 0.0192. The number of nitrogens with zero attached hydrogens (tertiary/aromatic N) is 2. The van der Waals surface area contributed by atoms with Crippen LogP contribution in [0.3, 0.4) is 0 Å². The van der Waals surface area contributed by atoms with Gasteiger partial charge in [0.05, 0.1) is 16.0 Å². The largest absolute Gasteiger partial charge is 0.481 e. The standard InChI is InChI=1S/C18H15N3O4S/c1-12(25-15-7-6-13-4-2-3-5-14(13)10-15)18(22)20-19-11-16-8-9-17(26-16)21(23)24/h2-12H,1H3,(H,20,22)/b19-11-/t12-/m0/s1. The summed E-state index contributed by atoms with van der Waals surface area (Å²) in [6, 6.07) is 16.4. The number of benzene rings is 2. The fourth-order valence-electron chi connectivity index (χ4n) is 2.26. The van der Waals surface area contributed by atoms with Crippen molar-refractivity contribution in [3.05, 3.63) is 69.6 Å². The molecule has 3 aromatic rings. The van der Waals surface area contributed by atoms with Gasteiger partial charge in [-0.3, -0.25) is 14.9 Å². The lowest BCUT2D eigenvalue weighted by Gasteiger charge is -2.13. The molecule has 7 nitrogen and oxygen atoms in total. The Hall–Kier alpha value is -3.26. The predicted molar refractivity (Wildman–Crippen MR) is 101 cm³/mol. The maximum absolute atomic E-state index is 12.1. The van der Waals surface area contributed by atoms with Gasteiger partial charge in [-0.25, -0.2) is 5.43 Å². The van der Waals surface area contributed by atoms with Crippen LogP contribution < -0.4 is 10.2 Å². The molecular formula is C18H15N3O4S. The Bertz CT molecular complexity index is 983. The van der Waals surface area contributed by atoms with Gasteiger partial charge in [-0.1, -0.05) is 41.7 Å². The van der Waals surface area contributed by atoms with Crippen molar-refractivity contribution in [2.75, 3.05) is 0 Å². The van der Waals surface area contributed by atoms with Crippen molar-refractivity contribution in [2.24, 2.45) is 5.10 Å². The quantitative estimate of drug-likeness (QED) is 0.407. The Kier molecular flexibility index (Phi) is 5.23. The molecule has 0 radical (unpaired) electrons. The molecule has 0 aliphatic rings. The number of hydrogen-bond donors (Lipinski definition) is 1. The Morgan fingerprint density at radius 1 is 1.23 bits per heavy atom. The van der Waals surface area contributed by atoms with Crippen molar-refractivity contribution in [1.29, 1.82) is 0 Å². The molecule has 1 aromatic heterocycles. The monoisotopic (exact) mass is 369 g/mol. The number of amides is 1. The van der Waals surface area contributed by atoms with Crippen LogP contribution in [0, 0.1) is 10.1 Å². The van der Waals surface area contributed by atoms with E-state index >= 15 is 0 Å². The van der Waals surface area contributed by atoms with E-state index in [9.17, 15) is 14.9 Å². The molecule has 0 saturated carbocycles. The molecule has 1 N–H and O–H groups in total. The van der Waals surface area contributed by atoms with E-state index in [1.54, 1.807) is 19.1 Å². The van der Waals surface area contributed by atoms with E-state index in [0.717, 1.165) is 22.1 Å². The Morgan fingerprint density at radius 3 is 2.73 bits per heavy atom. The number of nitrogens with one attached hydrogen (secondary N) is 1. The van der Waals surface area contributed by atoms with Gasteiger partial charge in [-0.2, -0.15) is 5.10 Å². The summed E-state index contributed by atoms with van der Waals surface area (Å²) in [5.41, 5.74) is 2.37. The number of hydrogen-bond acceptors (Lipinski definition) is 6. The van der Waals surface area contributed by atoms with Gasteiger partial charge >= 0.3 is 5.00 Å². The summed E-state index contributed by atoms with van der Waals surface area (Å²) in [5, 5.41) is 16.6. The molecule has 1 amide bonds. The molecule has 0 fully saturated rings. The van der Waals surface area contributed by atoms with E-state index in [2.05, 4.69) is 10.5 Å². The van der Waals surface area contributed by atoms with Crippen molar-refractivity contribution >= 4 is 39.2 Å².